The Labute approximate surface area is 394 Å². The third kappa shape index (κ3) is 7.13. The van der Waals surface area contributed by atoms with Crippen LogP contribution < -0.4 is 9.80 Å². The Bertz CT molecular complexity index is 3590. The molecule has 0 fully saturated rings. The van der Waals surface area contributed by atoms with E-state index in [1.807, 2.05) is 0 Å². The SMILES string of the molecule is Cc1cc2c3cc4ccc(N(c5ccccc5C(C)C)c5ccccc5C(C)C)cc4cc3oc2c2oc3cc4cc(N(c5ccccc5C(C)C)c5ccccc5C(C)C)ccc4cc3c12. The molecule has 0 spiro atoms. The van der Waals surface area contributed by atoms with Gasteiger partial charge in [-0.15, -0.1) is 0 Å². The second-order valence-corrected chi connectivity index (χ2v) is 19.8. The van der Waals surface area contributed by atoms with Crippen molar-refractivity contribution in [1.82, 2.24) is 0 Å². The number of aryl methyl sites for hydroxylation is 1. The first-order valence-corrected chi connectivity index (χ1v) is 24.1. The molecule has 0 radical (unpaired) electrons. The summed E-state index contributed by atoms with van der Waals surface area (Å²) in [5.74, 6) is 1.43. The van der Waals surface area contributed by atoms with Gasteiger partial charge in [-0.2, -0.15) is 0 Å². The van der Waals surface area contributed by atoms with Gasteiger partial charge in [0.15, 0.2) is 11.2 Å². The second-order valence-electron chi connectivity index (χ2n) is 19.8. The minimum absolute atomic E-state index is 0.357. The summed E-state index contributed by atoms with van der Waals surface area (Å²) < 4.78 is 13.9. The molecule has 0 atom stereocenters. The topological polar surface area (TPSA) is 32.8 Å². The summed E-state index contributed by atoms with van der Waals surface area (Å²) in [4.78, 5) is 4.91. The van der Waals surface area contributed by atoms with Crippen molar-refractivity contribution in [3.63, 3.8) is 0 Å². The maximum absolute atomic E-state index is 6.95. The summed E-state index contributed by atoms with van der Waals surface area (Å²) in [7, 11) is 0. The lowest BCUT2D eigenvalue weighted by Crippen LogP contribution is -2.15. The van der Waals surface area contributed by atoms with E-state index in [-0.39, 0.29) is 0 Å². The number of furan rings is 2. The van der Waals surface area contributed by atoms with Crippen molar-refractivity contribution in [3.05, 3.63) is 192 Å². The number of hydrogen-bond acceptors (Lipinski definition) is 4. The number of rotatable bonds is 10. The fourth-order valence-corrected chi connectivity index (χ4v) is 10.6. The molecule has 0 saturated heterocycles. The molecular weight excluding hydrogens is 817 g/mol. The van der Waals surface area contributed by atoms with Crippen molar-refractivity contribution in [2.75, 3.05) is 9.80 Å². The Morgan fingerprint density at radius 2 is 0.716 bits per heavy atom. The Hall–Kier alpha value is -7.30. The fourth-order valence-electron chi connectivity index (χ4n) is 10.6. The van der Waals surface area contributed by atoms with Crippen molar-refractivity contribution >= 4 is 99.5 Å². The first-order valence-electron chi connectivity index (χ1n) is 24.1. The summed E-state index contributed by atoms with van der Waals surface area (Å²) in [5.41, 5.74) is 16.7. The van der Waals surface area contributed by atoms with Crippen LogP contribution in [0, 0.1) is 6.92 Å². The zero-order chi connectivity index (χ0) is 46.2. The van der Waals surface area contributed by atoms with E-state index in [0.29, 0.717) is 23.7 Å². The number of anilines is 6. The first kappa shape index (κ1) is 42.3. The van der Waals surface area contributed by atoms with Crippen molar-refractivity contribution in [3.8, 4) is 0 Å². The predicted molar refractivity (Wildman–Crippen MR) is 286 cm³/mol. The normalized spacial score (nSPS) is 12.2. The molecule has 0 aliphatic rings. The Balaban J connectivity index is 1.06. The largest absolute Gasteiger partial charge is 0.452 e. The molecule has 2 heterocycles. The minimum atomic E-state index is 0.357. The van der Waals surface area contributed by atoms with Crippen molar-refractivity contribution in [1.29, 1.82) is 0 Å². The van der Waals surface area contributed by atoms with Crippen LogP contribution in [-0.4, -0.2) is 0 Å². The van der Waals surface area contributed by atoms with Crippen LogP contribution in [0.15, 0.2) is 173 Å². The van der Waals surface area contributed by atoms with Gasteiger partial charge in [0.2, 0.25) is 0 Å². The van der Waals surface area contributed by atoms with Gasteiger partial charge in [0.25, 0.3) is 0 Å². The van der Waals surface area contributed by atoms with Crippen molar-refractivity contribution in [2.24, 2.45) is 0 Å². The van der Waals surface area contributed by atoms with E-state index in [4.69, 9.17) is 8.83 Å². The van der Waals surface area contributed by atoms with Crippen LogP contribution in [0.2, 0.25) is 0 Å². The molecule has 332 valence electrons. The molecule has 0 amide bonds. The van der Waals surface area contributed by atoms with Gasteiger partial charge in [-0.1, -0.05) is 140 Å². The van der Waals surface area contributed by atoms with Gasteiger partial charge in [-0.25, -0.2) is 0 Å². The van der Waals surface area contributed by atoms with Gasteiger partial charge in [0.1, 0.15) is 11.2 Å². The van der Waals surface area contributed by atoms with E-state index >= 15 is 0 Å². The lowest BCUT2D eigenvalue weighted by atomic mass is 9.96. The number of benzene rings is 9. The average Bonchev–Trinajstić information content (AvgIpc) is 3.88. The van der Waals surface area contributed by atoms with Crippen molar-refractivity contribution in [2.45, 2.75) is 86.0 Å². The summed E-state index contributed by atoms with van der Waals surface area (Å²) in [6, 6.07) is 60.4. The zero-order valence-corrected chi connectivity index (χ0v) is 40.1. The fraction of sp³-hybridized carbons (Fsp3) is 0.206. The minimum Gasteiger partial charge on any atom is -0.452 e. The number of hydrogen-bond donors (Lipinski definition) is 0. The molecule has 0 saturated carbocycles. The molecule has 0 bridgehead atoms. The summed E-state index contributed by atoms with van der Waals surface area (Å²) in [5, 5.41) is 8.93. The van der Waals surface area contributed by atoms with Gasteiger partial charge in [0, 0.05) is 55.7 Å². The molecule has 0 aliphatic carbocycles. The highest BCUT2D eigenvalue weighted by Crippen LogP contribution is 2.47. The van der Waals surface area contributed by atoms with Crippen LogP contribution >= 0.6 is 0 Å². The molecule has 0 N–H and O–H groups in total. The second kappa shape index (κ2) is 16.5. The smallest absolute Gasteiger partial charge is 0.178 e. The average molecular weight is 875 g/mol. The maximum atomic E-state index is 6.95. The maximum Gasteiger partial charge on any atom is 0.178 e. The van der Waals surface area contributed by atoms with Crippen molar-refractivity contribution < 1.29 is 8.83 Å². The van der Waals surface area contributed by atoms with Crippen LogP contribution in [0.25, 0.3) is 65.4 Å². The quantitative estimate of drug-likeness (QED) is 0.137. The molecule has 11 aromatic rings. The predicted octanol–water partition coefficient (Wildman–Crippen LogP) is 19.5. The van der Waals surface area contributed by atoms with E-state index in [2.05, 4.69) is 236 Å². The van der Waals surface area contributed by atoms with E-state index < -0.39 is 0 Å². The molecule has 0 aliphatic heterocycles. The summed E-state index contributed by atoms with van der Waals surface area (Å²) >= 11 is 0. The molecule has 67 heavy (non-hydrogen) atoms. The lowest BCUT2D eigenvalue weighted by molar-refractivity contribution is 0.633. The highest BCUT2D eigenvalue weighted by molar-refractivity contribution is 6.22. The van der Waals surface area contributed by atoms with Gasteiger partial charge in [0.05, 0.1) is 0 Å². The Morgan fingerprint density at radius 1 is 0.343 bits per heavy atom. The highest BCUT2D eigenvalue weighted by atomic mass is 16.4. The lowest BCUT2D eigenvalue weighted by Gasteiger charge is -2.31. The molecule has 0 unspecified atom stereocenters. The van der Waals surface area contributed by atoms with E-state index in [1.165, 1.54) is 61.3 Å². The summed E-state index contributed by atoms with van der Waals surface area (Å²) in [6.45, 7) is 20.4. The monoisotopic (exact) mass is 874 g/mol. The molecule has 9 aromatic carbocycles. The Kier molecular flexibility index (Phi) is 10.5. The van der Waals surface area contributed by atoms with Crippen LogP contribution in [0.3, 0.4) is 0 Å². The standard InChI is InChI=1S/C63H58N2O2/c1-37(2)48-18-10-14-22-55(48)64(56-23-15-11-19-49(56)38(3)4)46-28-26-42-33-52-53-30-41(9)61-54-34-43-27-29-47(32-45(43)36-60(54)67-63(61)62(53)66-59(52)35-44(42)31-46)65(57-24-16-12-20-50(57)39(5)6)58-25-17-13-21-51(58)40(7)8/h10-40H,1-9H3. The van der Waals surface area contributed by atoms with Gasteiger partial charge in [-0.05, 0) is 159 Å². The third-order valence-corrected chi connectivity index (χ3v) is 14.0. The van der Waals surface area contributed by atoms with Crippen LogP contribution in [0.1, 0.15) is 107 Å². The number of fused-ring (bicyclic) bond motifs is 9. The number of nitrogens with zero attached hydrogens (tertiary/aromatic N) is 2. The Morgan fingerprint density at radius 3 is 1.13 bits per heavy atom. The first-order chi connectivity index (χ1) is 32.4. The van der Waals surface area contributed by atoms with Gasteiger partial charge >= 0.3 is 0 Å². The molecule has 2 aromatic heterocycles. The van der Waals surface area contributed by atoms with Crippen LogP contribution in [0.5, 0.6) is 0 Å². The van der Waals surface area contributed by atoms with Gasteiger partial charge in [-0.3, -0.25) is 0 Å². The molecule has 11 rings (SSSR count). The number of para-hydroxylation sites is 4. The van der Waals surface area contributed by atoms with Crippen LogP contribution in [0.4, 0.5) is 34.1 Å². The zero-order valence-electron chi connectivity index (χ0n) is 40.1. The molecule has 4 heteroatoms. The summed E-state index contributed by atoms with van der Waals surface area (Å²) in [6.07, 6.45) is 0. The van der Waals surface area contributed by atoms with Gasteiger partial charge < -0.3 is 18.6 Å². The molecule has 4 nitrogen and oxygen atoms in total. The molecular formula is C63H58N2O2. The third-order valence-electron chi connectivity index (χ3n) is 14.0. The highest BCUT2D eigenvalue weighted by Gasteiger charge is 2.25. The van der Waals surface area contributed by atoms with E-state index in [1.54, 1.807) is 0 Å². The van der Waals surface area contributed by atoms with Crippen LogP contribution in [-0.2, 0) is 0 Å². The van der Waals surface area contributed by atoms with E-state index in [0.717, 1.165) is 66.0 Å². The van der Waals surface area contributed by atoms with E-state index in [9.17, 15) is 0 Å².